The summed E-state index contributed by atoms with van der Waals surface area (Å²) in [6, 6.07) is 11.6. The van der Waals surface area contributed by atoms with Crippen LogP contribution in [0.2, 0.25) is 0 Å². The first-order valence-corrected chi connectivity index (χ1v) is 5.58. The number of hydrogen-bond donors (Lipinski definition) is 0. The van der Waals surface area contributed by atoms with E-state index in [4.69, 9.17) is 4.42 Å². The van der Waals surface area contributed by atoms with Crippen molar-refractivity contribution in [3.8, 4) is 0 Å². The highest BCUT2D eigenvalue weighted by atomic mass is 32.2. The average molecular weight is 218 g/mol. The Morgan fingerprint density at radius 2 is 2.00 bits per heavy atom. The summed E-state index contributed by atoms with van der Waals surface area (Å²) in [6.45, 7) is 0. The number of ketones is 1. The first-order valence-electron chi connectivity index (χ1n) is 4.59. The van der Waals surface area contributed by atoms with Crippen LogP contribution in [0.1, 0.15) is 10.4 Å². The Morgan fingerprint density at radius 3 is 2.67 bits per heavy atom. The normalized spacial score (nSPS) is 10.1. The van der Waals surface area contributed by atoms with Gasteiger partial charge in [0.1, 0.15) is 6.26 Å². The molecule has 0 amide bonds. The topological polar surface area (TPSA) is 30.2 Å². The highest BCUT2D eigenvalue weighted by molar-refractivity contribution is 8.00. The van der Waals surface area contributed by atoms with Crippen LogP contribution in [0.15, 0.2) is 58.2 Å². The van der Waals surface area contributed by atoms with Gasteiger partial charge in [0.2, 0.25) is 0 Å². The van der Waals surface area contributed by atoms with E-state index >= 15 is 0 Å². The summed E-state index contributed by atoms with van der Waals surface area (Å²) in [6.07, 6.45) is 2.99. The van der Waals surface area contributed by atoms with Gasteiger partial charge in [0.25, 0.3) is 0 Å². The fourth-order valence-electron chi connectivity index (χ4n) is 1.17. The Labute approximate surface area is 92.3 Å². The van der Waals surface area contributed by atoms with Crippen molar-refractivity contribution in [3.05, 3.63) is 54.5 Å². The van der Waals surface area contributed by atoms with E-state index in [0.29, 0.717) is 11.3 Å². The van der Waals surface area contributed by atoms with Crippen molar-refractivity contribution in [2.45, 2.75) is 4.90 Å². The SMILES string of the molecule is O=C(CSc1ccccc1)c1ccoc1. The van der Waals surface area contributed by atoms with Gasteiger partial charge in [0.05, 0.1) is 17.6 Å². The van der Waals surface area contributed by atoms with Gasteiger partial charge in [0, 0.05) is 4.90 Å². The minimum Gasteiger partial charge on any atom is -0.472 e. The predicted octanol–water partition coefficient (Wildman–Crippen LogP) is 3.25. The fourth-order valence-corrected chi connectivity index (χ4v) is 1.99. The lowest BCUT2D eigenvalue weighted by Crippen LogP contribution is -1.99. The number of Topliss-reactive ketones (excluding diaryl/α,β-unsaturated/α-hetero) is 1. The summed E-state index contributed by atoms with van der Waals surface area (Å²) in [7, 11) is 0. The van der Waals surface area contributed by atoms with E-state index in [2.05, 4.69) is 0 Å². The van der Waals surface area contributed by atoms with Crippen molar-refractivity contribution in [2.75, 3.05) is 5.75 Å². The predicted molar refractivity (Wildman–Crippen MR) is 60.2 cm³/mol. The number of rotatable bonds is 4. The van der Waals surface area contributed by atoms with Crippen LogP contribution in [0.5, 0.6) is 0 Å². The van der Waals surface area contributed by atoms with E-state index < -0.39 is 0 Å². The molecule has 15 heavy (non-hydrogen) atoms. The lowest BCUT2D eigenvalue weighted by molar-refractivity contribution is 0.102. The number of carbonyl (C=O) groups is 1. The maximum atomic E-state index is 11.6. The molecule has 0 atom stereocenters. The smallest absolute Gasteiger partial charge is 0.176 e. The number of hydrogen-bond acceptors (Lipinski definition) is 3. The molecule has 0 aliphatic carbocycles. The molecular weight excluding hydrogens is 208 g/mol. The van der Waals surface area contributed by atoms with E-state index in [9.17, 15) is 4.79 Å². The standard InChI is InChI=1S/C12H10O2S/c13-12(10-6-7-14-8-10)9-15-11-4-2-1-3-5-11/h1-8H,9H2. The van der Waals surface area contributed by atoms with Crippen molar-refractivity contribution in [3.63, 3.8) is 0 Å². The molecule has 0 unspecified atom stereocenters. The molecule has 0 spiro atoms. The second-order valence-corrected chi connectivity index (χ2v) is 4.09. The number of carbonyl (C=O) groups excluding carboxylic acids is 1. The monoisotopic (exact) mass is 218 g/mol. The molecule has 1 heterocycles. The zero-order valence-electron chi connectivity index (χ0n) is 8.05. The highest BCUT2D eigenvalue weighted by Gasteiger charge is 2.07. The van der Waals surface area contributed by atoms with Gasteiger partial charge in [-0.3, -0.25) is 4.79 Å². The third-order valence-electron chi connectivity index (χ3n) is 1.96. The van der Waals surface area contributed by atoms with Crippen molar-refractivity contribution >= 4 is 17.5 Å². The Morgan fingerprint density at radius 1 is 1.20 bits per heavy atom. The molecule has 1 aromatic carbocycles. The third-order valence-corrected chi connectivity index (χ3v) is 2.97. The first kappa shape index (κ1) is 10.1. The summed E-state index contributed by atoms with van der Waals surface area (Å²) in [5, 5.41) is 0. The molecule has 2 nitrogen and oxygen atoms in total. The summed E-state index contributed by atoms with van der Waals surface area (Å²) in [5.41, 5.74) is 0.637. The summed E-state index contributed by atoms with van der Waals surface area (Å²) in [5.74, 6) is 0.543. The molecule has 2 rings (SSSR count). The molecule has 0 aliphatic heterocycles. The minimum absolute atomic E-state index is 0.0950. The van der Waals surface area contributed by atoms with Gasteiger partial charge in [0.15, 0.2) is 5.78 Å². The van der Waals surface area contributed by atoms with Gasteiger partial charge in [-0.15, -0.1) is 11.8 Å². The lowest BCUT2D eigenvalue weighted by atomic mass is 10.2. The van der Waals surface area contributed by atoms with Gasteiger partial charge < -0.3 is 4.42 Å². The molecule has 0 saturated heterocycles. The van der Waals surface area contributed by atoms with Crippen LogP contribution in [0, 0.1) is 0 Å². The van der Waals surface area contributed by atoms with Crippen LogP contribution in [-0.4, -0.2) is 11.5 Å². The summed E-state index contributed by atoms with van der Waals surface area (Å²) >= 11 is 1.54. The van der Waals surface area contributed by atoms with E-state index in [1.807, 2.05) is 30.3 Å². The van der Waals surface area contributed by atoms with Crippen molar-refractivity contribution in [1.82, 2.24) is 0 Å². The molecule has 3 heteroatoms. The van der Waals surface area contributed by atoms with Gasteiger partial charge >= 0.3 is 0 Å². The maximum absolute atomic E-state index is 11.6. The molecule has 0 N–H and O–H groups in total. The van der Waals surface area contributed by atoms with Crippen LogP contribution in [-0.2, 0) is 0 Å². The zero-order valence-corrected chi connectivity index (χ0v) is 8.87. The highest BCUT2D eigenvalue weighted by Crippen LogP contribution is 2.18. The zero-order chi connectivity index (χ0) is 10.5. The number of thioether (sulfide) groups is 1. The van der Waals surface area contributed by atoms with Crippen LogP contribution < -0.4 is 0 Å². The van der Waals surface area contributed by atoms with Crippen LogP contribution in [0.25, 0.3) is 0 Å². The van der Waals surface area contributed by atoms with Gasteiger partial charge in [-0.2, -0.15) is 0 Å². The molecule has 2 aromatic rings. The summed E-state index contributed by atoms with van der Waals surface area (Å²) < 4.78 is 4.86. The summed E-state index contributed by atoms with van der Waals surface area (Å²) in [4.78, 5) is 12.7. The van der Waals surface area contributed by atoms with E-state index in [-0.39, 0.29) is 5.78 Å². The average Bonchev–Trinajstić information content (AvgIpc) is 2.81. The van der Waals surface area contributed by atoms with E-state index in [1.54, 1.807) is 6.07 Å². The van der Waals surface area contributed by atoms with Gasteiger partial charge in [-0.25, -0.2) is 0 Å². The van der Waals surface area contributed by atoms with Crippen LogP contribution >= 0.6 is 11.8 Å². The Bertz CT molecular complexity index is 420. The molecular formula is C12H10O2S. The van der Waals surface area contributed by atoms with E-state index in [1.165, 1.54) is 24.3 Å². The van der Waals surface area contributed by atoms with Crippen LogP contribution in [0.3, 0.4) is 0 Å². The molecule has 0 bridgehead atoms. The molecule has 76 valence electrons. The largest absolute Gasteiger partial charge is 0.472 e. The molecule has 0 saturated carbocycles. The molecule has 0 fully saturated rings. The van der Waals surface area contributed by atoms with E-state index in [0.717, 1.165) is 4.90 Å². The van der Waals surface area contributed by atoms with Crippen molar-refractivity contribution in [2.24, 2.45) is 0 Å². The Balaban J connectivity index is 1.92. The second kappa shape index (κ2) is 4.84. The van der Waals surface area contributed by atoms with Crippen molar-refractivity contribution in [1.29, 1.82) is 0 Å². The van der Waals surface area contributed by atoms with Gasteiger partial charge in [-0.05, 0) is 18.2 Å². The Hall–Kier alpha value is -1.48. The van der Waals surface area contributed by atoms with Gasteiger partial charge in [-0.1, -0.05) is 18.2 Å². The minimum atomic E-state index is 0.0950. The Kier molecular flexibility index (Phi) is 3.25. The molecule has 0 aliphatic rings. The third kappa shape index (κ3) is 2.73. The lowest BCUT2D eigenvalue weighted by Gasteiger charge is -1.98. The van der Waals surface area contributed by atoms with Crippen LogP contribution in [0.4, 0.5) is 0 Å². The van der Waals surface area contributed by atoms with Crippen molar-refractivity contribution < 1.29 is 9.21 Å². The fraction of sp³-hybridized carbons (Fsp3) is 0.0833. The first-order chi connectivity index (χ1) is 7.36. The number of benzene rings is 1. The number of furan rings is 1. The maximum Gasteiger partial charge on any atom is 0.176 e. The second-order valence-electron chi connectivity index (χ2n) is 3.04. The molecule has 0 radical (unpaired) electrons. The molecule has 1 aromatic heterocycles. The quantitative estimate of drug-likeness (QED) is 0.583.